The molecule has 0 aromatic heterocycles. The molecule has 1 fully saturated rings. The minimum atomic E-state index is -4.68. The molecule has 3 aromatic carbocycles. The van der Waals surface area contributed by atoms with Gasteiger partial charge in [-0.1, -0.05) is 36.4 Å². The highest BCUT2D eigenvalue weighted by molar-refractivity contribution is 6.15. The first-order valence-electron chi connectivity index (χ1n) is 12.6. The maximum atomic E-state index is 14.0. The summed E-state index contributed by atoms with van der Waals surface area (Å²) in [6.45, 7) is 3.40. The van der Waals surface area contributed by atoms with Gasteiger partial charge in [0.2, 0.25) is 0 Å². The van der Waals surface area contributed by atoms with Gasteiger partial charge < -0.3 is 11.1 Å². The van der Waals surface area contributed by atoms with Crippen molar-refractivity contribution >= 4 is 29.0 Å². The Kier molecular flexibility index (Phi) is 8.22. The van der Waals surface area contributed by atoms with Crippen molar-refractivity contribution in [3.8, 4) is 0 Å². The molecular formula is C29H26F3N5O4. The second-order valence-corrected chi connectivity index (χ2v) is 9.31. The van der Waals surface area contributed by atoms with Gasteiger partial charge in [0, 0.05) is 41.4 Å². The predicted octanol–water partition coefficient (Wildman–Crippen LogP) is 5.32. The van der Waals surface area contributed by atoms with Gasteiger partial charge in [-0.3, -0.25) is 24.6 Å². The number of alkyl halides is 3. The molecule has 12 heteroatoms. The average Bonchev–Trinajstić information content (AvgIpc) is 2.94. The molecule has 41 heavy (non-hydrogen) atoms. The Morgan fingerprint density at radius 2 is 1.76 bits per heavy atom. The zero-order valence-electron chi connectivity index (χ0n) is 22.1. The molecule has 1 heterocycles. The zero-order valence-corrected chi connectivity index (χ0v) is 22.1. The molecule has 2 unspecified atom stereocenters. The van der Waals surface area contributed by atoms with E-state index >= 15 is 0 Å². The number of hydrogen-bond acceptors (Lipinski definition) is 6. The molecular weight excluding hydrogens is 539 g/mol. The molecule has 0 spiro atoms. The van der Waals surface area contributed by atoms with E-state index in [0.717, 1.165) is 12.1 Å². The quantitative estimate of drug-likeness (QED) is 0.309. The highest BCUT2D eigenvalue weighted by Gasteiger charge is 2.46. The van der Waals surface area contributed by atoms with Crippen LogP contribution in [0.4, 0.5) is 24.5 Å². The number of likely N-dealkylation sites (N-methyl/N-ethyl adjacent to an activating group) is 1. The number of benzene rings is 3. The van der Waals surface area contributed by atoms with Gasteiger partial charge in [0.05, 0.1) is 16.2 Å². The number of piperidine rings is 1. The minimum absolute atomic E-state index is 0.124. The number of amides is 2. The van der Waals surface area contributed by atoms with Crippen molar-refractivity contribution in [2.24, 2.45) is 10.7 Å². The van der Waals surface area contributed by atoms with Gasteiger partial charge in [0.1, 0.15) is 11.9 Å². The monoisotopic (exact) mass is 565 g/mol. The lowest BCUT2D eigenvalue weighted by Crippen LogP contribution is -2.59. The number of hydrogen-bond donors (Lipinski definition) is 2. The minimum Gasteiger partial charge on any atom is -0.402 e. The number of nitrogens with zero attached hydrogens (tertiary/aromatic N) is 3. The van der Waals surface area contributed by atoms with E-state index in [2.05, 4.69) is 10.3 Å². The molecule has 9 nitrogen and oxygen atoms in total. The Hall–Kier alpha value is -5.00. The smallest absolute Gasteiger partial charge is 0.402 e. The first-order chi connectivity index (χ1) is 19.4. The summed E-state index contributed by atoms with van der Waals surface area (Å²) in [5.74, 6) is -2.39. The van der Waals surface area contributed by atoms with Gasteiger partial charge in [-0.2, -0.15) is 13.2 Å². The number of likely N-dealkylation sites (tertiary alicyclic amines) is 1. The van der Waals surface area contributed by atoms with E-state index in [1.165, 1.54) is 29.2 Å². The van der Waals surface area contributed by atoms with Crippen LogP contribution < -0.4 is 11.1 Å². The highest BCUT2D eigenvalue weighted by Crippen LogP contribution is 2.38. The van der Waals surface area contributed by atoms with Crippen molar-refractivity contribution < 1.29 is 27.7 Å². The normalized spacial score (nSPS) is 19.7. The topological polar surface area (TPSA) is 131 Å². The molecule has 0 radical (unpaired) electrons. The molecule has 0 aliphatic carbocycles. The van der Waals surface area contributed by atoms with E-state index in [1.54, 1.807) is 50.2 Å². The van der Waals surface area contributed by atoms with E-state index in [0.29, 0.717) is 22.9 Å². The number of carbonyl (C=O) groups excluding carboxylic acids is 2. The van der Waals surface area contributed by atoms with Crippen molar-refractivity contribution in [2.75, 3.05) is 6.54 Å². The molecule has 1 aliphatic heterocycles. The fourth-order valence-corrected chi connectivity index (χ4v) is 4.74. The summed E-state index contributed by atoms with van der Waals surface area (Å²) in [6, 6.07) is 16.7. The van der Waals surface area contributed by atoms with Gasteiger partial charge in [-0.25, -0.2) is 4.99 Å². The Balaban J connectivity index is 1.89. The van der Waals surface area contributed by atoms with E-state index in [1.807, 2.05) is 0 Å². The molecule has 2 atom stereocenters. The molecule has 0 saturated carbocycles. The summed E-state index contributed by atoms with van der Waals surface area (Å²) in [6.07, 6.45) is -4.68. The van der Waals surface area contributed by atoms with E-state index < -0.39 is 40.4 Å². The third kappa shape index (κ3) is 6.11. The first-order valence-corrected chi connectivity index (χ1v) is 12.6. The Morgan fingerprint density at radius 1 is 1.07 bits per heavy atom. The average molecular weight is 566 g/mol. The number of nitrogens with one attached hydrogen (secondary N) is 1. The SMILES string of the molecule is CCN1C(=O)C(NC(=O)c2cccc(C(F)(F)F)c2)C(c2cccc([N+](=O)[O-])c2)/C(=C(\C)N)C1=Nc1ccccc1. The van der Waals surface area contributed by atoms with Crippen LogP contribution in [0.25, 0.3) is 0 Å². The van der Waals surface area contributed by atoms with Gasteiger partial charge >= 0.3 is 6.18 Å². The van der Waals surface area contributed by atoms with Crippen molar-refractivity contribution in [2.45, 2.75) is 32.0 Å². The number of nitro benzene ring substituents is 1. The summed E-state index contributed by atoms with van der Waals surface area (Å²) in [5.41, 5.74) is 6.14. The van der Waals surface area contributed by atoms with Crippen LogP contribution in [-0.2, 0) is 11.0 Å². The Bertz CT molecular complexity index is 1550. The number of carbonyl (C=O) groups is 2. The standard InChI is InChI=1S/C29H26F3N5O4/c1-3-36-26(34-21-12-5-4-6-13-21)23(17(2)33)24(18-9-8-14-22(16-18)37(40)41)25(28(36)39)35-27(38)19-10-7-11-20(15-19)29(30,31)32/h4-16,24-25H,3,33H2,1-2H3,(H,35,38)/b23-17-,34-26?. The first kappa shape index (κ1) is 29.0. The molecule has 1 saturated heterocycles. The fraction of sp³-hybridized carbons (Fsp3) is 0.207. The van der Waals surface area contributed by atoms with Crippen LogP contribution >= 0.6 is 0 Å². The lowest BCUT2D eigenvalue weighted by Gasteiger charge is -2.41. The molecule has 3 aromatic rings. The van der Waals surface area contributed by atoms with Crippen molar-refractivity contribution in [3.63, 3.8) is 0 Å². The van der Waals surface area contributed by atoms with Gasteiger partial charge in [0.15, 0.2) is 0 Å². The van der Waals surface area contributed by atoms with Crippen molar-refractivity contribution in [1.82, 2.24) is 10.2 Å². The fourth-order valence-electron chi connectivity index (χ4n) is 4.74. The number of amidine groups is 1. The van der Waals surface area contributed by atoms with Crippen LogP contribution in [0, 0.1) is 10.1 Å². The van der Waals surface area contributed by atoms with Crippen LogP contribution in [0.5, 0.6) is 0 Å². The molecule has 2 amide bonds. The number of non-ortho nitro benzene ring substituents is 1. The van der Waals surface area contributed by atoms with E-state index in [9.17, 15) is 32.9 Å². The summed E-state index contributed by atoms with van der Waals surface area (Å²) < 4.78 is 40.0. The molecule has 1 aliphatic rings. The lowest BCUT2D eigenvalue weighted by atomic mass is 9.78. The number of nitro groups is 1. The number of nitrogens with two attached hydrogens (primary N) is 1. The van der Waals surface area contributed by atoms with Gasteiger partial charge in [-0.15, -0.1) is 0 Å². The third-order valence-electron chi connectivity index (χ3n) is 6.58. The lowest BCUT2D eigenvalue weighted by molar-refractivity contribution is -0.384. The summed E-state index contributed by atoms with van der Waals surface area (Å²) >= 11 is 0. The predicted molar refractivity (Wildman–Crippen MR) is 146 cm³/mol. The van der Waals surface area contributed by atoms with Crippen LogP contribution in [0.2, 0.25) is 0 Å². The summed E-state index contributed by atoms with van der Waals surface area (Å²) in [7, 11) is 0. The largest absolute Gasteiger partial charge is 0.416 e. The number of halogens is 3. The van der Waals surface area contributed by atoms with Gasteiger partial charge in [-0.05, 0) is 49.7 Å². The van der Waals surface area contributed by atoms with Crippen LogP contribution in [0.3, 0.4) is 0 Å². The van der Waals surface area contributed by atoms with Crippen LogP contribution in [-0.4, -0.2) is 40.1 Å². The maximum absolute atomic E-state index is 14.0. The van der Waals surface area contributed by atoms with Crippen molar-refractivity contribution in [3.05, 3.63) is 117 Å². The molecule has 0 bridgehead atoms. The highest BCUT2D eigenvalue weighted by atomic mass is 19.4. The number of aliphatic imine (C=N–C) groups is 1. The van der Waals surface area contributed by atoms with Crippen molar-refractivity contribution in [1.29, 1.82) is 0 Å². The van der Waals surface area contributed by atoms with Crippen LogP contribution in [0.1, 0.15) is 41.3 Å². The number of allylic oxidation sites excluding steroid dienone is 1. The maximum Gasteiger partial charge on any atom is 0.416 e. The molecule has 3 N–H and O–H groups in total. The molecule has 4 rings (SSSR count). The number of rotatable bonds is 6. The van der Waals surface area contributed by atoms with E-state index in [-0.39, 0.29) is 29.3 Å². The van der Waals surface area contributed by atoms with Gasteiger partial charge in [0.25, 0.3) is 17.5 Å². The second-order valence-electron chi connectivity index (χ2n) is 9.31. The Morgan fingerprint density at radius 3 is 2.37 bits per heavy atom. The van der Waals surface area contributed by atoms with Crippen LogP contribution in [0.15, 0.2) is 95.1 Å². The summed E-state index contributed by atoms with van der Waals surface area (Å²) in [5, 5.41) is 14.2. The Labute approximate surface area is 233 Å². The second kappa shape index (κ2) is 11.6. The molecule has 212 valence electrons. The summed E-state index contributed by atoms with van der Waals surface area (Å²) in [4.78, 5) is 44.3. The zero-order chi connectivity index (χ0) is 29.9. The van der Waals surface area contributed by atoms with E-state index in [4.69, 9.17) is 5.73 Å². The number of para-hydroxylation sites is 1. The third-order valence-corrected chi connectivity index (χ3v) is 6.58.